The van der Waals surface area contributed by atoms with Gasteiger partial charge in [0, 0.05) is 20.1 Å². The van der Waals surface area contributed by atoms with Gasteiger partial charge in [0.25, 0.3) is 5.56 Å². The summed E-state index contributed by atoms with van der Waals surface area (Å²) >= 11 is 0. The molecule has 0 radical (unpaired) electrons. The highest BCUT2D eigenvalue weighted by molar-refractivity contribution is 7.89. The van der Waals surface area contributed by atoms with Crippen LogP contribution in [0, 0.1) is 0 Å². The van der Waals surface area contributed by atoms with Crippen LogP contribution in [0.15, 0.2) is 27.9 Å². The van der Waals surface area contributed by atoms with Gasteiger partial charge in [0.15, 0.2) is 5.52 Å². The van der Waals surface area contributed by atoms with Crippen LogP contribution in [0.25, 0.3) is 22.4 Å². The van der Waals surface area contributed by atoms with E-state index < -0.39 is 10.0 Å². The summed E-state index contributed by atoms with van der Waals surface area (Å²) in [5.74, 6) is 0.671. The van der Waals surface area contributed by atoms with Gasteiger partial charge in [-0.1, -0.05) is 13.3 Å². The Kier molecular flexibility index (Phi) is 7.32. The minimum absolute atomic E-state index is 0.0671. The number of hydrogen-bond acceptors (Lipinski definition) is 7. The molecule has 3 aromatic rings. The van der Waals surface area contributed by atoms with Crippen LogP contribution in [0.5, 0.6) is 5.75 Å². The smallest absolute Gasteiger partial charge is 0.277 e. The molecule has 2 heterocycles. The zero-order valence-electron chi connectivity index (χ0n) is 19.1. The molecule has 10 nitrogen and oxygen atoms in total. The van der Waals surface area contributed by atoms with Crippen LogP contribution in [0.4, 0.5) is 0 Å². The van der Waals surface area contributed by atoms with E-state index in [1.807, 2.05) is 32.8 Å². The van der Waals surface area contributed by atoms with Crippen LogP contribution in [0.1, 0.15) is 26.0 Å². The first kappa shape index (κ1) is 23.9. The van der Waals surface area contributed by atoms with Crippen LogP contribution in [0.2, 0.25) is 0 Å². The molecule has 0 aliphatic carbocycles. The minimum atomic E-state index is -3.75. The molecular weight excluding hydrogens is 432 g/mol. The molecular formula is C21H30N6O4S. The fraction of sp³-hybridized carbons (Fsp3) is 0.476. The van der Waals surface area contributed by atoms with Crippen molar-refractivity contribution < 1.29 is 13.2 Å². The summed E-state index contributed by atoms with van der Waals surface area (Å²) in [5.41, 5.74) is 1.66. The quantitative estimate of drug-likeness (QED) is 0.468. The third-order valence-corrected chi connectivity index (χ3v) is 6.38. The van der Waals surface area contributed by atoms with Crippen molar-refractivity contribution in [3.05, 3.63) is 34.2 Å². The number of nitrogens with one attached hydrogen (secondary N) is 2. The van der Waals surface area contributed by atoms with Crippen LogP contribution in [-0.2, 0) is 23.5 Å². The van der Waals surface area contributed by atoms with Gasteiger partial charge in [0.05, 0.1) is 22.8 Å². The van der Waals surface area contributed by atoms with Crippen molar-refractivity contribution in [2.45, 2.75) is 31.6 Å². The van der Waals surface area contributed by atoms with Crippen molar-refractivity contribution in [1.29, 1.82) is 0 Å². The summed E-state index contributed by atoms with van der Waals surface area (Å²) in [6.45, 7) is 5.07. The van der Waals surface area contributed by atoms with Crippen molar-refractivity contribution >= 4 is 21.1 Å². The van der Waals surface area contributed by atoms with E-state index in [9.17, 15) is 13.2 Å². The average Bonchev–Trinajstić information content (AvgIpc) is 3.04. The average molecular weight is 463 g/mol. The molecule has 0 spiro atoms. The van der Waals surface area contributed by atoms with Gasteiger partial charge in [0.1, 0.15) is 17.1 Å². The van der Waals surface area contributed by atoms with Gasteiger partial charge in [0.2, 0.25) is 10.0 Å². The van der Waals surface area contributed by atoms with Crippen LogP contribution in [0.3, 0.4) is 0 Å². The highest BCUT2D eigenvalue weighted by atomic mass is 32.2. The fourth-order valence-corrected chi connectivity index (χ4v) is 4.46. The minimum Gasteiger partial charge on any atom is -0.493 e. The number of hydrogen-bond donors (Lipinski definition) is 2. The van der Waals surface area contributed by atoms with Gasteiger partial charge in [-0.25, -0.2) is 18.1 Å². The summed E-state index contributed by atoms with van der Waals surface area (Å²) in [4.78, 5) is 22.2. The summed E-state index contributed by atoms with van der Waals surface area (Å²) in [7, 11) is 1.69. The van der Waals surface area contributed by atoms with Gasteiger partial charge in [-0.05, 0) is 45.6 Å². The lowest BCUT2D eigenvalue weighted by molar-refractivity contribution is 0.341. The Labute approximate surface area is 187 Å². The second-order valence-corrected chi connectivity index (χ2v) is 9.49. The number of nitrogens with zero attached hydrogens (tertiary/aromatic N) is 4. The molecule has 174 valence electrons. The number of rotatable bonds is 10. The van der Waals surface area contributed by atoms with Crippen molar-refractivity contribution in [1.82, 2.24) is 29.4 Å². The van der Waals surface area contributed by atoms with E-state index in [1.165, 1.54) is 16.8 Å². The van der Waals surface area contributed by atoms with Crippen molar-refractivity contribution in [3.63, 3.8) is 0 Å². The van der Waals surface area contributed by atoms with Gasteiger partial charge in [-0.2, -0.15) is 5.10 Å². The Morgan fingerprint density at radius 2 is 2.00 bits per heavy atom. The number of benzene rings is 1. The molecule has 1 aromatic carbocycles. The second kappa shape index (κ2) is 9.80. The monoisotopic (exact) mass is 462 g/mol. The van der Waals surface area contributed by atoms with Crippen molar-refractivity contribution in [2.75, 3.05) is 33.8 Å². The number of sulfonamides is 1. The Balaban J connectivity index is 2.13. The van der Waals surface area contributed by atoms with E-state index in [2.05, 4.69) is 19.8 Å². The predicted octanol–water partition coefficient (Wildman–Crippen LogP) is 1.51. The topological polar surface area (TPSA) is 122 Å². The molecule has 0 amide bonds. The van der Waals surface area contributed by atoms with E-state index in [4.69, 9.17) is 4.74 Å². The summed E-state index contributed by atoms with van der Waals surface area (Å²) in [5, 5.41) is 4.43. The number of fused-ring (bicyclic) bond motifs is 1. The lowest BCUT2D eigenvalue weighted by atomic mass is 10.1. The lowest BCUT2D eigenvalue weighted by Gasteiger charge is -2.14. The van der Waals surface area contributed by atoms with Crippen LogP contribution < -0.4 is 15.0 Å². The molecule has 0 fully saturated rings. The molecule has 0 saturated heterocycles. The maximum Gasteiger partial charge on any atom is 0.277 e. The molecule has 2 aromatic heterocycles. The Morgan fingerprint density at radius 1 is 1.25 bits per heavy atom. The first-order chi connectivity index (χ1) is 15.2. The standard InChI is InChI=1S/C21H30N6O4S/c1-6-8-16-18-19(27(5)25-16)21(28)24-20(23-18)15-13-14(9-10-17(15)31-7-2)32(29,30)22-11-12-26(3)4/h9-10,13,22H,6-8,11-12H2,1-5H3,(H,23,24,28). The fourth-order valence-electron chi connectivity index (χ4n) is 3.41. The molecule has 11 heteroatoms. The maximum absolute atomic E-state index is 12.8. The van der Waals surface area contributed by atoms with E-state index >= 15 is 0 Å². The highest BCUT2D eigenvalue weighted by Gasteiger charge is 2.21. The van der Waals surface area contributed by atoms with Gasteiger partial charge in [-0.3, -0.25) is 9.48 Å². The number of ether oxygens (including phenoxy) is 1. The molecule has 0 bridgehead atoms. The van der Waals surface area contributed by atoms with E-state index in [-0.39, 0.29) is 22.8 Å². The van der Waals surface area contributed by atoms with Gasteiger partial charge < -0.3 is 14.6 Å². The Hall–Kier alpha value is -2.76. The number of aryl methyl sites for hydroxylation is 2. The van der Waals surface area contributed by atoms with E-state index in [0.29, 0.717) is 41.9 Å². The zero-order chi connectivity index (χ0) is 23.5. The first-order valence-electron chi connectivity index (χ1n) is 10.6. The molecule has 0 saturated carbocycles. The SMILES string of the molecule is CCCc1nn(C)c2c(=O)[nH]c(-c3cc(S(=O)(=O)NCCN(C)C)ccc3OCC)nc12. The number of likely N-dealkylation sites (N-methyl/N-ethyl adjacent to an activating group) is 1. The molecule has 0 aliphatic heterocycles. The molecule has 0 aliphatic rings. The second-order valence-electron chi connectivity index (χ2n) is 7.72. The van der Waals surface area contributed by atoms with E-state index in [1.54, 1.807) is 13.1 Å². The van der Waals surface area contributed by atoms with Crippen molar-refractivity contribution in [2.24, 2.45) is 7.05 Å². The van der Waals surface area contributed by atoms with E-state index in [0.717, 1.165) is 12.1 Å². The Morgan fingerprint density at radius 3 is 2.66 bits per heavy atom. The third-order valence-electron chi connectivity index (χ3n) is 4.92. The third kappa shape index (κ3) is 5.00. The maximum atomic E-state index is 12.8. The molecule has 0 atom stereocenters. The van der Waals surface area contributed by atoms with Crippen LogP contribution >= 0.6 is 0 Å². The van der Waals surface area contributed by atoms with Gasteiger partial charge >= 0.3 is 0 Å². The number of H-pyrrole nitrogens is 1. The van der Waals surface area contributed by atoms with Gasteiger partial charge in [-0.15, -0.1) is 0 Å². The van der Waals surface area contributed by atoms with Crippen molar-refractivity contribution in [3.8, 4) is 17.1 Å². The molecule has 0 unspecified atom stereocenters. The zero-order valence-corrected chi connectivity index (χ0v) is 19.9. The highest BCUT2D eigenvalue weighted by Crippen LogP contribution is 2.31. The van der Waals surface area contributed by atoms with Crippen LogP contribution in [-0.4, -0.2) is 66.9 Å². The molecule has 32 heavy (non-hydrogen) atoms. The first-order valence-corrected chi connectivity index (χ1v) is 12.0. The summed E-state index contributed by atoms with van der Waals surface area (Å²) < 4.78 is 35.4. The molecule has 3 rings (SSSR count). The molecule has 2 N–H and O–H groups in total. The normalized spacial score (nSPS) is 12.1. The Bertz CT molecular complexity index is 1260. The largest absolute Gasteiger partial charge is 0.493 e. The number of aromatic nitrogens is 4. The lowest BCUT2D eigenvalue weighted by Crippen LogP contribution is -2.31. The summed E-state index contributed by atoms with van der Waals surface area (Å²) in [6.07, 6.45) is 1.53. The summed E-state index contributed by atoms with van der Waals surface area (Å²) in [6, 6.07) is 4.54. The number of aromatic amines is 1. The predicted molar refractivity (Wildman–Crippen MR) is 123 cm³/mol.